The maximum Gasteiger partial charge on any atom is 0.178 e. The quantitative estimate of drug-likeness (QED) is 0.0829. The van der Waals surface area contributed by atoms with Crippen molar-refractivity contribution < 1.29 is 14.2 Å². The van der Waals surface area contributed by atoms with E-state index in [2.05, 4.69) is 87.0 Å². The van der Waals surface area contributed by atoms with Crippen molar-refractivity contribution in [3.8, 4) is 34.5 Å². The van der Waals surface area contributed by atoms with E-state index >= 15 is 0 Å². The number of para-hydroxylation sites is 2. The van der Waals surface area contributed by atoms with E-state index in [1.54, 1.807) is 0 Å². The molecule has 0 unspecified atom stereocenters. The molecule has 0 saturated carbocycles. The van der Waals surface area contributed by atoms with E-state index in [0.717, 1.165) is 43.4 Å². The fraction of sp³-hybridized carbons (Fsp3) is 0.0769. The van der Waals surface area contributed by atoms with E-state index in [0.29, 0.717) is 60.2 Å². The van der Waals surface area contributed by atoms with E-state index in [1.165, 1.54) is 21.9 Å². The van der Waals surface area contributed by atoms with Gasteiger partial charge in [-0.3, -0.25) is 0 Å². The molecule has 0 aliphatic carbocycles. The zero-order valence-electron chi connectivity index (χ0n) is 30.9. The van der Waals surface area contributed by atoms with Crippen molar-refractivity contribution in [3.05, 3.63) is 206 Å². The molecule has 0 spiro atoms. The first-order valence-electron chi connectivity index (χ1n) is 18.7. The summed E-state index contributed by atoms with van der Waals surface area (Å²) in [7, 11) is 0. The van der Waals surface area contributed by atoms with Crippen molar-refractivity contribution >= 4 is 43.1 Å². The average Bonchev–Trinajstić information content (AvgIpc) is 3.22. The van der Waals surface area contributed by atoms with Crippen molar-refractivity contribution in [1.29, 1.82) is 0 Å². The van der Waals surface area contributed by atoms with Gasteiger partial charge in [-0.15, -0.1) is 26.3 Å². The summed E-state index contributed by atoms with van der Waals surface area (Å²) < 4.78 is 21.1. The predicted octanol–water partition coefficient (Wildman–Crippen LogP) is 14.6. The Hall–Kier alpha value is -6.84. The smallest absolute Gasteiger partial charge is 0.178 e. The molecule has 0 aromatic heterocycles. The summed E-state index contributed by atoms with van der Waals surface area (Å²) in [5.41, 5.74) is 4.57. The topological polar surface area (TPSA) is 27.7 Å². The number of hydrogen-bond donors (Lipinski definition) is 0. The molecule has 55 heavy (non-hydrogen) atoms. The first kappa shape index (κ1) is 35.2. The molecule has 0 saturated heterocycles. The lowest BCUT2D eigenvalue weighted by Crippen LogP contribution is -2.02. The molecular formula is C52H42O3. The third kappa shape index (κ3) is 6.55. The molecule has 3 nitrogen and oxygen atoms in total. The second kappa shape index (κ2) is 15.6. The molecule has 8 aromatic carbocycles. The highest BCUT2D eigenvalue weighted by Crippen LogP contribution is 2.51. The SMILES string of the molecule is C=CCc1c2ccccc2c(CC=C)c2c(Oc3c(Oc4ccccc4)ccc4c(CC=C)c5ccccc5c(CC=C)c34)c(Oc3ccccc3)ccc12. The third-order valence-electron chi connectivity index (χ3n) is 10.2. The van der Waals surface area contributed by atoms with Crippen LogP contribution in [0.2, 0.25) is 0 Å². The minimum absolute atomic E-state index is 0.587. The summed E-state index contributed by atoms with van der Waals surface area (Å²) in [5, 5.41) is 8.70. The van der Waals surface area contributed by atoms with Gasteiger partial charge in [0.1, 0.15) is 11.5 Å². The van der Waals surface area contributed by atoms with E-state index < -0.39 is 0 Å². The van der Waals surface area contributed by atoms with E-state index in [1.807, 2.05) is 97.1 Å². The third-order valence-corrected chi connectivity index (χ3v) is 10.2. The standard InChI is InChI=1S/C52H42O3/c1-5-19-37-39-27-15-17-29-41(39)43(21-7-3)49-45(37)31-33-47(53-35-23-11-9-12-24-35)51(49)55-52-48(54-36-25-13-10-14-26-36)34-32-46-38(20-6-2)40-28-16-18-30-42(40)44(22-8-4)50(46)52/h5-18,23-34H,1-4,19-22H2. The second-order valence-corrected chi connectivity index (χ2v) is 13.5. The summed E-state index contributed by atoms with van der Waals surface area (Å²) in [5.74, 6) is 3.78. The fourth-order valence-electron chi connectivity index (χ4n) is 7.95. The lowest BCUT2D eigenvalue weighted by atomic mass is 9.88. The summed E-state index contributed by atoms with van der Waals surface area (Å²) in [4.78, 5) is 0. The number of fused-ring (bicyclic) bond motifs is 4. The zero-order chi connectivity index (χ0) is 37.7. The van der Waals surface area contributed by atoms with Gasteiger partial charge in [-0.05, 0) is 117 Å². The summed E-state index contributed by atoms with van der Waals surface area (Å²) in [6.45, 7) is 16.7. The van der Waals surface area contributed by atoms with Crippen LogP contribution in [0.15, 0.2) is 184 Å². The van der Waals surface area contributed by atoms with E-state index in [4.69, 9.17) is 14.2 Å². The first-order chi connectivity index (χ1) is 27.1. The van der Waals surface area contributed by atoms with Gasteiger partial charge in [-0.1, -0.05) is 121 Å². The summed E-state index contributed by atoms with van der Waals surface area (Å²) >= 11 is 0. The molecule has 0 radical (unpaired) electrons. The van der Waals surface area contributed by atoms with Crippen LogP contribution in [-0.2, 0) is 25.7 Å². The van der Waals surface area contributed by atoms with Gasteiger partial charge in [-0.25, -0.2) is 0 Å². The number of rotatable bonds is 14. The van der Waals surface area contributed by atoms with Crippen LogP contribution in [0.4, 0.5) is 0 Å². The molecule has 8 rings (SSSR count). The summed E-state index contributed by atoms with van der Waals surface area (Å²) in [6.07, 6.45) is 10.5. The van der Waals surface area contributed by atoms with Crippen molar-refractivity contribution in [2.45, 2.75) is 25.7 Å². The van der Waals surface area contributed by atoms with Crippen LogP contribution in [0.25, 0.3) is 43.1 Å². The minimum Gasteiger partial charge on any atom is -0.453 e. The Kier molecular flexibility index (Phi) is 10.0. The molecule has 3 heteroatoms. The van der Waals surface area contributed by atoms with Crippen LogP contribution in [0.3, 0.4) is 0 Å². The highest BCUT2D eigenvalue weighted by molar-refractivity contribution is 6.11. The molecule has 0 amide bonds. The molecule has 0 N–H and O–H groups in total. The Labute approximate surface area is 322 Å². The van der Waals surface area contributed by atoms with Crippen molar-refractivity contribution in [1.82, 2.24) is 0 Å². The number of hydrogen-bond acceptors (Lipinski definition) is 3. The highest BCUT2D eigenvalue weighted by atomic mass is 16.5. The Morgan fingerprint density at radius 3 is 1.02 bits per heavy atom. The Morgan fingerprint density at radius 2 is 0.655 bits per heavy atom. The molecular weight excluding hydrogens is 673 g/mol. The number of ether oxygens (including phenoxy) is 3. The van der Waals surface area contributed by atoms with E-state index in [-0.39, 0.29) is 0 Å². The molecule has 8 aromatic rings. The molecule has 0 heterocycles. The van der Waals surface area contributed by atoms with Crippen molar-refractivity contribution in [3.63, 3.8) is 0 Å². The Morgan fingerprint density at radius 1 is 0.327 bits per heavy atom. The lowest BCUT2D eigenvalue weighted by Gasteiger charge is -2.24. The van der Waals surface area contributed by atoms with Crippen molar-refractivity contribution in [2.24, 2.45) is 0 Å². The normalized spacial score (nSPS) is 11.1. The highest BCUT2D eigenvalue weighted by Gasteiger charge is 2.26. The molecule has 0 bridgehead atoms. The van der Waals surface area contributed by atoms with Gasteiger partial charge in [0.2, 0.25) is 0 Å². The number of benzene rings is 8. The van der Waals surface area contributed by atoms with Crippen LogP contribution in [-0.4, -0.2) is 0 Å². The maximum atomic E-state index is 7.58. The van der Waals surface area contributed by atoms with Gasteiger partial charge in [-0.2, -0.15) is 0 Å². The Balaban J connectivity index is 1.53. The molecule has 0 aliphatic rings. The van der Waals surface area contributed by atoms with E-state index in [9.17, 15) is 0 Å². The second-order valence-electron chi connectivity index (χ2n) is 13.5. The van der Waals surface area contributed by atoms with Crippen LogP contribution >= 0.6 is 0 Å². The molecule has 0 aliphatic heterocycles. The van der Waals surface area contributed by atoms with Gasteiger partial charge in [0, 0.05) is 10.8 Å². The maximum absolute atomic E-state index is 7.58. The number of allylic oxidation sites excluding steroid dienone is 4. The first-order valence-corrected chi connectivity index (χ1v) is 18.7. The summed E-state index contributed by atoms with van der Waals surface area (Å²) in [6, 6.07) is 45.2. The zero-order valence-corrected chi connectivity index (χ0v) is 30.9. The van der Waals surface area contributed by atoms with Crippen molar-refractivity contribution in [2.75, 3.05) is 0 Å². The molecule has 268 valence electrons. The van der Waals surface area contributed by atoms with Gasteiger partial charge < -0.3 is 14.2 Å². The van der Waals surface area contributed by atoms with Crippen LogP contribution in [0.1, 0.15) is 22.3 Å². The monoisotopic (exact) mass is 714 g/mol. The van der Waals surface area contributed by atoms with Gasteiger partial charge >= 0.3 is 0 Å². The van der Waals surface area contributed by atoms with Gasteiger partial charge in [0.05, 0.1) is 0 Å². The molecule has 0 fully saturated rings. The van der Waals surface area contributed by atoms with Crippen LogP contribution < -0.4 is 14.2 Å². The largest absolute Gasteiger partial charge is 0.453 e. The van der Waals surface area contributed by atoms with Gasteiger partial charge in [0.25, 0.3) is 0 Å². The average molecular weight is 715 g/mol. The Bertz CT molecular complexity index is 2550. The minimum atomic E-state index is 0.587. The fourth-order valence-corrected chi connectivity index (χ4v) is 7.95. The van der Waals surface area contributed by atoms with Gasteiger partial charge in [0.15, 0.2) is 23.0 Å². The van der Waals surface area contributed by atoms with Crippen LogP contribution in [0.5, 0.6) is 34.5 Å². The molecule has 0 atom stereocenters. The lowest BCUT2D eigenvalue weighted by molar-refractivity contribution is 0.400. The van der Waals surface area contributed by atoms with Crippen LogP contribution in [0, 0.1) is 0 Å². The predicted molar refractivity (Wildman–Crippen MR) is 232 cm³/mol.